The van der Waals surface area contributed by atoms with Crippen LogP contribution in [0.3, 0.4) is 0 Å². The maximum Gasteiger partial charge on any atom is 0.161 e. The molecule has 0 radical (unpaired) electrons. The summed E-state index contributed by atoms with van der Waals surface area (Å²) in [5.74, 6) is 2.78. The number of rotatable bonds is 7. The molecule has 2 aromatic carbocycles. The Morgan fingerprint density at radius 2 is 1.70 bits per heavy atom. The summed E-state index contributed by atoms with van der Waals surface area (Å²) in [7, 11) is 3.24. The maximum absolute atomic E-state index is 6.17. The molecule has 0 atom stereocenters. The average Bonchev–Trinajstić information content (AvgIpc) is 2.69. The molecular formula is C20H21ClN4O2. The van der Waals surface area contributed by atoms with Gasteiger partial charge < -0.3 is 20.1 Å². The fraction of sp³-hybridized carbons (Fsp3) is 0.200. The number of methoxy groups -OCH3 is 2. The third-order valence-electron chi connectivity index (χ3n) is 4.03. The van der Waals surface area contributed by atoms with E-state index < -0.39 is 0 Å². The summed E-state index contributed by atoms with van der Waals surface area (Å²) >= 11 is 6.17. The standard InChI is InChI=1S/C20H21ClN4O2/c1-13-4-6-15(9-16(13)21)25-20-10-19(23-12-24-20)22-11-14-5-7-17(26-2)18(8-14)27-3/h4-10,12H,11H2,1-3H3,(H2,22,23,24,25). The summed E-state index contributed by atoms with van der Waals surface area (Å²) in [5, 5.41) is 7.22. The number of nitrogens with zero attached hydrogens (tertiary/aromatic N) is 2. The first-order valence-electron chi connectivity index (χ1n) is 8.39. The second-order valence-electron chi connectivity index (χ2n) is 5.92. The van der Waals surface area contributed by atoms with Crippen molar-refractivity contribution in [2.75, 3.05) is 24.9 Å². The third-order valence-corrected chi connectivity index (χ3v) is 4.44. The monoisotopic (exact) mass is 384 g/mol. The van der Waals surface area contributed by atoms with E-state index in [4.69, 9.17) is 21.1 Å². The summed E-state index contributed by atoms with van der Waals surface area (Å²) in [5.41, 5.74) is 2.95. The topological polar surface area (TPSA) is 68.3 Å². The minimum atomic E-state index is 0.590. The minimum absolute atomic E-state index is 0.590. The van der Waals surface area contributed by atoms with Crippen LogP contribution in [0.2, 0.25) is 5.02 Å². The molecule has 7 heteroatoms. The van der Waals surface area contributed by atoms with E-state index in [1.807, 2.05) is 49.4 Å². The van der Waals surface area contributed by atoms with Crippen LogP contribution in [0.4, 0.5) is 17.3 Å². The Morgan fingerprint density at radius 3 is 2.44 bits per heavy atom. The van der Waals surface area contributed by atoms with Gasteiger partial charge in [-0.3, -0.25) is 0 Å². The lowest BCUT2D eigenvalue weighted by molar-refractivity contribution is 0.354. The summed E-state index contributed by atoms with van der Waals surface area (Å²) in [6.45, 7) is 2.56. The number of hydrogen-bond acceptors (Lipinski definition) is 6. The lowest BCUT2D eigenvalue weighted by atomic mass is 10.2. The largest absolute Gasteiger partial charge is 0.493 e. The molecule has 0 bridgehead atoms. The van der Waals surface area contributed by atoms with Crippen LogP contribution < -0.4 is 20.1 Å². The molecule has 0 aliphatic rings. The smallest absolute Gasteiger partial charge is 0.161 e. The number of ether oxygens (including phenoxy) is 2. The third kappa shape index (κ3) is 4.80. The summed E-state index contributed by atoms with van der Waals surface area (Å²) in [6, 6.07) is 13.4. The molecule has 0 aliphatic carbocycles. The van der Waals surface area contributed by atoms with Gasteiger partial charge in [0, 0.05) is 23.3 Å². The molecule has 2 N–H and O–H groups in total. The highest BCUT2D eigenvalue weighted by molar-refractivity contribution is 6.31. The summed E-state index contributed by atoms with van der Waals surface area (Å²) < 4.78 is 10.6. The Labute approximate surface area is 163 Å². The van der Waals surface area contributed by atoms with Gasteiger partial charge in [-0.15, -0.1) is 0 Å². The van der Waals surface area contributed by atoms with Crippen LogP contribution in [0.5, 0.6) is 11.5 Å². The van der Waals surface area contributed by atoms with E-state index in [1.165, 1.54) is 6.33 Å². The van der Waals surface area contributed by atoms with Crippen molar-refractivity contribution in [2.24, 2.45) is 0 Å². The van der Waals surface area contributed by atoms with Crippen molar-refractivity contribution in [3.63, 3.8) is 0 Å². The molecule has 0 saturated carbocycles. The van der Waals surface area contributed by atoms with Crippen LogP contribution in [-0.4, -0.2) is 24.2 Å². The first-order chi connectivity index (χ1) is 13.1. The van der Waals surface area contributed by atoms with Gasteiger partial charge in [-0.2, -0.15) is 0 Å². The first-order valence-corrected chi connectivity index (χ1v) is 8.77. The zero-order chi connectivity index (χ0) is 19.2. The van der Waals surface area contributed by atoms with E-state index in [0.29, 0.717) is 34.7 Å². The van der Waals surface area contributed by atoms with E-state index in [1.54, 1.807) is 14.2 Å². The highest BCUT2D eigenvalue weighted by Crippen LogP contribution is 2.28. The molecule has 0 unspecified atom stereocenters. The molecule has 0 saturated heterocycles. The zero-order valence-corrected chi connectivity index (χ0v) is 16.2. The average molecular weight is 385 g/mol. The van der Waals surface area contributed by atoms with Crippen LogP contribution in [0.1, 0.15) is 11.1 Å². The highest BCUT2D eigenvalue weighted by atomic mass is 35.5. The highest BCUT2D eigenvalue weighted by Gasteiger charge is 2.06. The number of aryl methyl sites for hydroxylation is 1. The molecule has 0 spiro atoms. The first kappa shape index (κ1) is 18.8. The molecule has 0 aliphatic heterocycles. The molecule has 140 valence electrons. The summed E-state index contributed by atoms with van der Waals surface area (Å²) in [6.07, 6.45) is 1.51. The van der Waals surface area contributed by atoms with E-state index in [9.17, 15) is 0 Å². The fourth-order valence-electron chi connectivity index (χ4n) is 2.52. The number of benzene rings is 2. The number of halogens is 1. The molecule has 1 aromatic heterocycles. The molecule has 3 rings (SSSR count). The maximum atomic E-state index is 6.17. The molecule has 0 fully saturated rings. The van der Waals surface area contributed by atoms with Crippen molar-refractivity contribution < 1.29 is 9.47 Å². The molecule has 0 amide bonds. The second-order valence-corrected chi connectivity index (χ2v) is 6.33. The normalized spacial score (nSPS) is 10.4. The van der Waals surface area contributed by atoms with Crippen LogP contribution in [0.15, 0.2) is 48.8 Å². The molecule has 27 heavy (non-hydrogen) atoms. The minimum Gasteiger partial charge on any atom is -0.493 e. The number of hydrogen-bond donors (Lipinski definition) is 2. The van der Waals surface area contributed by atoms with E-state index in [-0.39, 0.29) is 0 Å². The van der Waals surface area contributed by atoms with Gasteiger partial charge >= 0.3 is 0 Å². The lowest BCUT2D eigenvalue weighted by Crippen LogP contribution is -2.03. The molecule has 6 nitrogen and oxygen atoms in total. The van der Waals surface area contributed by atoms with E-state index >= 15 is 0 Å². The Bertz CT molecular complexity index is 934. The van der Waals surface area contributed by atoms with E-state index in [2.05, 4.69) is 20.6 Å². The quantitative estimate of drug-likeness (QED) is 0.609. The SMILES string of the molecule is COc1ccc(CNc2cc(Nc3ccc(C)c(Cl)c3)ncn2)cc1OC. The van der Waals surface area contributed by atoms with E-state index in [0.717, 1.165) is 16.8 Å². The number of anilines is 3. The fourth-order valence-corrected chi connectivity index (χ4v) is 2.70. The van der Waals surface area contributed by atoms with Crippen LogP contribution in [-0.2, 0) is 6.54 Å². The van der Waals surface area contributed by atoms with Gasteiger partial charge in [-0.25, -0.2) is 9.97 Å². The predicted octanol–water partition coefficient (Wildman–Crippen LogP) is 4.81. The van der Waals surface area contributed by atoms with Gasteiger partial charge in [0.25, 0.3) is 0 Å². The van der Waals surface area contributed by atoms with Gasteiger partial charge in [0.15, 0.2) is 11.5 Å². The van der Waals surface area contributed by atoms with Gasteiger partial charge in [-0.1, -0.05) is 23.7 Å². The molecular weight excluding hydrogens is 364 g/mol. The predicted molar refractivity (Wildman–Crippen MR) is 108 cm³/mol. The Hall–Kier alpha value is -2.99. The van der Waals surface area contributed by atoms with Crippen LogP contribution in [0.25, 0.3) is 0 Å². The zero-order valence-electron chi connectivity index (χ0n) is 15.4. The van der Waals surface area contributed by atoms with Crippen molar-refractivity contribution >= 4 is 28.9 Å². The van der Waals surface area contributed by atoms with Crippen molar-refractivity contribution in [3.8, 4) is 11.5 Å². The van der Waals surface area contributed by atoms with Crippen molar-refractivity contribution in [3.05, 3.63) is 64.9 Å². The second kappa shape index (κ2) is 8.60. The Balaban J connectivity index is 1.68. The van der Waals surface area contributed by atoms with Gasteiger partial charge in [-0.05, 0) is 42.3 Å². The van der Waals surface area contributed by atoms with Crippen LogP contribution in [0, 0.1) is 6.92 Å². The Kier molecular flexibility index (Phi) is 5.98. The van der Waals surface area contributed by atoms with Gasteiger partial charge in [0.2, 0.25) is 0 Å². The summed E-state index contributed by atoms with van der Waals surface area (Å²) in [4.78, 5) is 8.51. The Morgan fingerprint density at radius 1 is 0.926 bits per heavy atom. The number of nitrogens with one attached hydrogen (secondary N) is 2. The molecule has 3 aromatic rings. The van der Waals surface area contributed by atoms with Crippen LogP contribution >= 0.6 is 11.6 Å². The molecule has 1 heterocycles. The van der Waals surface area contributed by atoms with Gasteiger partial charge in [0.1, 0.15) is 18.0 Å². The van der Waals surface area contributed by atoms with Gasteiger partial charge in [0.05, 0.1) is 14.2 Å². The van der Waals surface area contributed by atoms with Crippen molar-refractivity contribution in [1.82, 2.24) is 9.97 Å². The van der Waals surface area contributed by atoms with Crippen molar-refractivity contribution in [2.45, 2.75) is 13.5 Å². The number of aromatic nitrogens is 2. The van der Waals surface area contributed by atoms with Crippen molar-refractivity contribution in [1.29, 1.82) is 0 Å². The lowest BCUT2D eigenvalue weighted by Gasteiger charge is -2.11.